The minimum absolute atomic E-state index is 0.286. The molecule has 0 aromatic heterocycles. The Bertz CT molecular complexity index is 248. The molecule has 2 atom stereocenters. The molecule has 3 nitrogen and oxygen atoms in total. The Hall–Kier alpha value is -0.570. The van der Waals surface area contributed by atoms with Gasteiger partial charge in [0.25, 0.3) is 0 Å². The number of nitrogens with one attached hydrogen (secondary N) is 1. The lowest BCUT2D eigenvalue weighted by Crippen LogP contribution is -2.49. The van der Waals surface area contributed by atoms with Gasteiger partial charge < -0.3 is 10.2 Å². The molecule has 2 unspecified atom stereocenters. The van der Waals surface area contributed by atoms with Crippen molar-refractivity contribution >= 4 is 5.91 Å². The number of carbonyl (C=O) groups is 1. The maximum absolute atomic E-state index is 12.4. The average Bonchev–Trinajstić information content (AvgIpc) is 2.33. The van der Waals surface area contributed by atoms with Crippen LogP contribution in [0.3, 0.4) is 0 Å². The Labute approximate surface area is 98.6 Å². The molecule has 0 radical (unpaired) electrons. The van der Waals surface area contributed by atoms with Gasteiger partial charge in [-0.1, -0.05) is 6.92 Å². The fourth-order valence-electron chi connectivity index (χ4n) is 2.95. The predicted molar refractivity (Wildman–Crippen MR) is 65.2 cm³/mol. The second-order valence-electron chi connectivity index (χ2n) is 5.42. The molecule has 0 bridgehead atoms. The van der Waals surface area contributed by atoms with Crippen molar-refractivity contribution in [3.8, 4) is 0 Å². The molecule has 2 heterocycles. The predicted octanol–water partition coefficient (Wildman–Crippen LogP) is 1.63. The Morgan fingerprint density at radius 3 is 2.56 bits per heavy atom. The summed E-state index contributed by atoms with van der Waals surface area (Å²) < 4.78 is 0. The van der Waals surface area contributed by atoms with Crippen molar-refractivity contribution < 1.29 is 4.79 Å². The van der Waals surface area contributed by atoms with Gasteiger partial charge in [0.2, 0.25) is 5.91 Å². The third kappa shape index (κ3) is 2.40. The number of nitrogens with zero attached hydrogens (tertiary/aromatic N) is 1. The van der Waals surface area contributed by atoms with E-state index in [1.165, 1.54) is 12.8 Å². The van der Waals surface area contributed by atoms with Gasteiger partial charge in [-0.05, 0) is 51.6 Å². The zero-order valence-electron chi connectivity index (χ0n) is 10.5. The van der Waals surface area contributed by atoms with Crippen LogP contribution < -0.4 is 5.32 Å². The summed E-state index contributed by atoms with van der Waals surface area (Å²) in [6.45, 7) is 7.48. The largest absolute Gasteiger partial charge is 0.339 e. The van der Waals surface area contributed by atoms with Crippen molar-refractivity contribution in [1.82, 2.24) is 10.2 Å². The fraction of sp³-hybridized carbons (Fsp3) is 0.923. The van der Waals surface area contributed by atoms with Gasteiger partial charge in [0.1, 0.15) is 0 Å². The molecule has 2 saturated heterocycles. The summed E-state index contributed by atoms with van der Waals surface area (Å²) in [5, 5.41) is 3.32. The molecule has 92 valence electrons. The number of amides is 1. The van der Waals surface area contributed by atoms with Crippen LogP contribution in [0.1, 0.15) is 39.5 Å². The molecule has 0 aromatic rings. The smallest absolute Gasteiger partial charge is 0.226 e. The quantitative estimate of drug-likeness (QED) is 0.734. The molecule has 16 heavy (non-hydrogen) atoms. The monoisotopic (exact) mass is 224 g/mol. The highest BCUT2D eigenvalue weighted by atomic mass is 16.2. The zero-order valence-corrected chi connectivity index (χ0v) is 10.5. The Kier molecular flexibility index (Phi) is 3.85. The Morgan fingerprint density at radius 2 is 1.88 bits per heavy atom. The molecule has 0 spiro atoms. The molecule has 0 aliphatic carbocycles. The van der Waals surface area contributed by atoms with Crippen LogP contribution in [-0.4, -0.2) is 36.5 Å². The van der Waals surface area contributed by atoms with Crippen LogP contribution in [0.5, 0.6) is 0 Å². The first-order chi connectivity index (χ1) is 7.70. The second kappa shape index (κ2) is 5.17. The van der Waals surface area contributed by atoms with Crippen LogP contribution in [-0.2, 0) is 4.79 Å². The minimum atomic E-state index is 0.286. The normalized spacial score (nSPS) is 32.8. The Morgan fingerprint density at radius 1 is 1.19 bits per heavy atom. The highest BCUT2D eigenvalue weighted by Gasteiger charge is 2.32. The molecule has 1 N–H and O–H groups in total. The molecule has 2 aliphatic heterocycles. The molecular weight excluding hydrogens is 200 g/mol. The Balaban J connectivity index is 1.96. The van der Waals surface area contributed by atoms with E-state index in [2.05, 4.69) is 24.1 Å². The third-order valence-corrected chi connectivity index (χ3v) is 4.35. The van der Waals surface area contributed by atoms with Crippen LogP contribution in [0.4, 0.5) is 0 Å². The lowest BCUT2D eigenvalue weighted by Gasteiger charge is -2.40. The van der Waals surface area contributed by atoms with Gasteiger partial charge in [0.05, 0.1) is 0 Å². The number of hydrogen-bond donors (Lipinski definition) is 1. The van der Waals surface area contributed by atoms with E-state index in [1.54, 1.807) is 0 Å². The number of piperidine rings is 2. The number of carbonyl (C=O) groups excluding carboxylic acids is 1. The topological polar surface area (TPSA) is 32.3 Å². The van der Waals surface area contributed by atoms with E-state index in [4.69, 9.17) is 0 Å². The molecule has 2 aliphatic rings. The third-order valence-electron chi connectivity index (χ3n) is 4.35. The molecule has 0 aromatic carbocycles. The summed E-state index contributed by atoms with van der Waals surface area (Å²) in [6.07, 6.45) is 4.51. The van der Waals surface area contributed by atoms with Crippen molar-refractivity contribution in [3.05, 3.63) is 0 Å². The summed E-state index contributed by atoms with van der Waals surface area (Å²) in [5.74, 6) is 1.37. The summed E-state index contributed by atoms with van der Waals surface area (Å²) in [7, 11) is 0. The van der Waals surface area contributed by atoms with Crippen molar-refractivity contribution in [1.29, 1.82) is 0 Å². The van der Waals surface area contributed by atoms with Crippen LogP contribution in [0, 0.1) is 11.8 Å². The van der Waals surface area contributed by atoms with E-state index in [9.17, 15) is 4.79 Å². The molecular formula is C13H24N2O. The maximum atomic E-state index is 12.4. The van der Waals surface area contributed by atoms with Crippen molar-refractivity contribution in [2.45, 2.75) is 45.6 Å². The lowest BCUT2D eigenvalue weighted by atomic mass is 9.89. The van der Waals surface area contributed by atoms with Crippen LogP contribution in [0.2, 0.25) is 0 Å². The van der Waals surface area contributed by atoms with Crippen molar-refractivity contribution in [2.75, 3.05) is 19.6 Å². The maximum Gasteiger partial charge on any atom is 0.226 e. The van der Waals surface area contributed by atoms with E-state index in [1.807, 2.05) is 0 Å². The van der Waals surface area contributed by atoms with Gasteiger partial charge in [-0.3, -0.25) is 4.79 Å². The van der Waals surface area contributed by atoms with E-state index in [-0.39, 0.29) is 5.92 Å². The van der Waals surface area contributed by atoms with E-state index < -0.39 is 0 Å². The fourth-order valence-corrected chi connectivity index (χ4v) is 2.95. The molecule has 1 amide bonds. The van der Waals surface area contributed by atoms with Crippen LogP contribution >= 0.6 is 0 Å². The molecule has 2 fully saturated rings. The first kappa shape index (κ1) is 11.9. The van der Waals surface area contributed by atoms with E-state index >= 15 is 0 Å². The standard InChI is InChI=1S/C13H24N2O/c1-10-4-3-9-15(11(10)2)13(16)12-5-7-14-8-6-12/h10-12,14H,3-9H2,1-2H3. The average molecular weight is 224 g/mol. The summed E-state index contributed by atoms with van der Waals surface area (Å²) in [6, 6.07) is 0.441. The van der Waals surface area contributed by atoms with Gasteiger partial charge in [-0.25, -0.2) is 0 Å². The van der Waals surface area contributed by atoms with Gasteiger partial charge in [0, 0.05) is 18.5 Å². The number of hydrogen-bond acceptors (Lipinski definition) is 2. The van der Waals surface area contributed by atoms with Crippen molar-refractivity contribution in [2.24, 2.45) is 11.8 Å². The number of likely N-dealkylation sites (tertiary alicyclic amines) is 1. The lowest BCUT2D eigenvalue weighted by molar-refractivity contribution is -0.141. The first-order valence-corrected chi connectivity index (χ1v) is 6.71. The SMILES string of the molecule is CC1CCCN(C(=O)C2CCNCC2)C1C. The zero-order chi connectivity index (χ0) is 11.5. The highest BCUT2D eigenvalue weighted by molar-refractivity contribution is 5.79. The first-order valence-electron chi connectivity index (χ1n) is 6.71. The summed E-state index contributed by atoms with van der Waals surface area (Å²) in [4.78, 5) is 14.6. The molecule has 3 heteroatoms. The molecule has 0 saturated carbocycles. The van der Waals surface area contributed by atoms with Crippen molar-refractivity contribution in [3.63, 3.8) is 0 Å². The minimum Gasteiger partial charge on any atom is -0.339 e. The molecule has 2 rings (SSSR count). The van der Waals surface area contributed by atoms with Gasteiger partial charge in [-0.2, -0.15) is 0 Å². The van der Waals surface area contributed by atoms with Crippen LogP contribution in [0.15, 0.2) is 0 Å². The highest BCUT2D eigenvalue weighted by Crippen LogP contribution is 2.26. The van der Waals surface area contributed by atoms with Crippen LogP contribution in [0.25, 0.3) is 0 Å². The second-order valence-corrected chi connectivity index (χ2v) is 5.42. The van der Waals surface area contributed by atoms with Gasteiger partial charge >= 0.3 is 0 Å². The van der Waals surface area contributed by atoms with E-state index in [0.717, 1.165) is 32.5 Å². The van der Waals surface area contributed by atoms with Gasteiger partial charge in [-0.15, -0.1) is 0 Å². The summed E-state index contributed by atoms with van der Waals surface area (Å²) in [5.41, 5.74) is 0. The van der Waals surface area contributed by atoms with Gasteiger partial charge in [0.15, 0.2) is 0 Å². The summed E-state index contributed by atoms with van der Waals surface area (Å²) >= 11 is 0. The number of rotatable bonds is 1. The van der Waals surface area contributed by atoms with E-state index in [0.29, 0.717) is 17.9 Å².